The van der Waals surface area contributed by atoms with Crippen LogP contribution in [0, 0.1) is 23.7 Å². The quantitative estimate of drug-likeness (QED) is 0.476. The zero-order valence-corrected chi connectivity index (χ0v) is 14.3. The zero-order chi connectivity index (χ0) is 14.3. The van der Waals surface area contributed by atoms with Gasteiger partial charge in [-0.05, 0) is 49.4 Å². The van der Waals surface area contributed by atoms with Gasteiger partial charge in [-0.2, -0.15) is 0 Å². The lowest BCUT2D eigenvalue weighted by Crippen LogP contribution is -2.30. The molecule has 0 nitrogen and oxygen atoms in total. The molecule has 0 spiro atoms. The van der Waals surface area contributed by atoms with Crippen molar-refractivity contribution in [3.8, 4) is 0 Å². The lowest BCUT2D eigenvalue weighted by Gasteiger charge is -2.41. The molecule has 1 radical (unpaired) electrons. The summed E-state index contributed by atoms with van der Waals surface area (Å²) in [7, 11) is 0. The molecule has 0 heterocycles. The van der Waals surface area contributed by atoms with E-state index in [0.717, 1.165) is 17.8 Å². The van der Waals surface area contributed by atoms with E-state index in [1.807, 2.05) is 0 Å². The number of rotatable bonds is 2. The molecule has 0 N–H and O–H groups in total. The fraction of sp³-hybridized carbons (Fsp3) is 0.952. The summed E-state index contributed by atoms with van der Waals surface area (Å²) in [5.41, 5.74) is 0. The third kappa shape index (κ3) is 4.49. The SMILES string of the molecule is C1CCCC(C2CCCCC2)[C](C2CCCCCC2)CC1. The normalized spacial score (nSPS) is 32.3. The van der Waals surface area contributed by atoms with Crippen LogP contribution in [0.15, 0.2) is 0 Å². The van der Waals surface area contributed by atoms with Crippen molar-refractivity contribution in [2.45, 2.75) is 109 Å². The van der Waals surface area contributed by atoms with Gasteiger partial charge in [0.1, 0.15) is 0 Å². The second-order valence-corrected chi connectivity index (χ2v) is 8.22. The van der Waals surface area contributed by atoms with Crippen molar-refractivity contribution in [2.24, 2.45) is 17.8 Å². The van der Waals surface area contributed by atoms with Crippen LogP contribution in [0.1, 0.15) is 109 Å². The average Bonchev–Trinajstić information content (AvgIpc) is 2.77. The van der Waals surface area contributed by atoms with Gasteiger partial charge in [0, 0.05) is 0 Å². The molecular formula is C21H37. The van der Waals surface area contributed by atoms with Crippen molar-refractivity contribution in [3.63, 3.8) is 0 Å². The number of hydrogen-bond donors (Lipinski definition) is 0. The van der Waals surface area contributed by atoms with Crippen LogP contribution in [-0.2, 0) is 0 Å². The van der Waals surface area contributed by atoms with Crippen LogP contribution in [0.25, 0.3) is 0 Å². The van der Waals surface area contributed by atoms with Gasteiger partial charge in [-0.1, -0.05) is 83.5 Å². The Labute approximate surface area is 133 Å². The van der Waals surface area contributed by atoms with Crippen molar-refractivity contribution in [1.82, 2.24) is 0 Å². The molecule has 1 unspecified atom stereocenters. The van der Waals surface area contributed by atoms with E-state index in [-0.39, 0.29) is 0 Å². The predicted molar refractivity (Wildman–Crippen MR) is 92.2 cm³/mol. The summed E-state index contributed by atoms with van der Waals surface area (Å²) in [6.45, 7) is 0. The van der Waals surface area contributed by atoms with Gasteiger partial charge < -0.3 is 0 Å². The fourth-order valence-electron chi connectivity index (χ4n) is 5.65. The third-order valence-corrected chi connectivity index (χ3v) is 6.81. The van der Waals surface area contributed by atoms with Crippen LogP contribution in [0.4, 0.5) is 0 Å². The second kappa shape index (κ2) is 8.59. The molecule has 0 aromatic carbocycles. The zero-order valence-electron chi connectivity index (χ0n) is 14.3. The van der Waals surface area contributed by atoms with Crippen LogP contribution >= 0.6 is 0 Å². The van der Waals surface area contributed by atoms with E-state index in [1.54, 1.807) is 32.1 Å². The molecule has 121 valence electrons. The Morgan fingerprint density at radius 2 is 1.00 bits per heavy atom. The summed E-state index contributed by atoms with van der Waals surface area (Å²) in [6.07, 6.45) is 25.9. The fourth-order valence-corrected chi connectivity index (χ4v) is 5.65. The molecule has 0 aromatic rings. The van der Waals surface area contributed by atoms with Gasteiger partial charge in [-0.25, -0.2) is 0 Å². The first-order valence-corrected chi connectivity index (χ1v) is 10.3. The van der Waals surface area contributed by atoms with Crippen molar-refractivity contribution in [3.05, 3.63) is 5.92 Å². The molecule has 0 saturated heterocycles. The molecule has 3 saturated carbocycles. The van der Waals surface area contributed by atoms with Gasteiger partial charge in [-0.15, -0.1) is 0 Å². The van der Waals surface area contributed by atoms with Crippen LogP contribution in [0.2, 0.25) is 0 Å². The van der Waals surface area contributed by atoms with Crippen molar-refractivity contribution >= 4 is 0 Å². The highest BCUT2D eigenvalue weighted by atomic mass is 14.4. The molecule has 21 heavy (non-hydrogen) atoms. The van der Waals surface area contributed by atoms with E-state index in [9.17, 15) is 0 Å². The Morgan fingerprint density at radius 3 is 1.71 bits per heavy atom. The van der Waals surface area contributed by atoms with Gasteiger partial charge in [0.25, 0.3) is 0 Å². The lowest BCUT2D eigenvalue weighted by molar-refractivity contribution is 0.196. The molecule has 0 aliphatic heterocycles. The molecule has 0 bridgehead atoms. The first kappa shape index (κ1) is 15.9. The highest BCUT2D eigenvalue weighted by Crippen LogP contribution is 2.47. The van der Waals surface area contributed by atoms with E-state index < -0.39 is 0 Å². The van der Waals surface area contributed by atoms with Crippen LogP contribution in [-0.4, -0.2) is 0 Å². The molecule has 3 aliphatic rings. The van der Waals surface area contributed by atoms with Gasteiger partial charge in [0.15, 0.2) is 0 Å². The van der Waals surface area contributed by atoms with Crippen LogP contribution in [0.5, 0.6) is 0 Å². The summed E-state index contributed by atoms with van der Waals surface area (Å²) in [4.78, 5) is 0. The highest BCUT2D eigenvalue weighted by Gasteiger charge is 2.35. The lowest BCUT2D eigenvalue weighted by atomic mass is 9.64. The molecule has 1 atom stereocenters. The average molecular weight is 290 g/mol. The summed E-state index contributed by atoms with van der Waals surface area (Å²) in [5.74, 6) is 5.23. The minimum absolute atomic E-state index is 1.03. The third-order valence-electron chi connectivity index (χ3n) is 6.81. The minimum Gasteiger partial charge on any atom is -0.0533 e. The van der Waals surface area contributed by atoms with E-state index >= 15 is 0 Å². The van der Waals surface area contributed by atoms with E-state index in [2.05, 4.69) is 5.92 Å². The van der Waals surface area contributed by atoms with Gasteiger partial charge in [0.2, 0.25) is 0 Å². The molecule has 0 heteroatoms. The summed E-state index contributed by atoms with van der Waals surface area (Å²) >= 11 is 0. The molecular weight excluding hydrogens is 252 g/mol. The maximum Gasteiger partial charge on any atom is -0.0176 e. The van der Waals surface area contributed by atoms with Crippen molar-refractivity contribution < 1.29 is 0 Å². The van der Waals surface area contributed by atoms with Crippen LogP contribution < -0.4 is 0 Å². The van der Waals surface area contributed by atoms with Gasteiger partial charge in [0.05, 0.1) is 0 Å². The topological polar surface area (TPSA) is 0 Å². The molecule has 3 aliphatic carbocycles. The maximum absolute atomic E-state index is 2.09. The van der Waals surface area contributed by atoms with Crippen molar-refractivity contribution in [1.29, 1.82) is 0 Å². The van der Waals surface area contributed by atoms with E-state index in [4.69, 9.17) is 0 Å². The van der Waals surface area contributed by atoms with Gasteiger partial charge in [-0.3, -0.25) is 0 Å². The Balaban J connectivity index is 1.69. The largest absolute Gasteiger partial charge is 0.0533 e. The predicted octanol–water partition coefficient (Wildman–Crippen LogP) is 7.08. The molecule has 0 amide bonds. The number of hydrogen-bond acceptors (Lipinski definition) is 0. The first-order chi connectivity index (χ1) is 10.4. The second-order valence-electron chi connectivity index (χ2n) is 8.22. The highest BCUT2D eigenvalue weighted by molar-refractivity contribution is 5.05. The van der Waals surface area contributed by atoms with Crippen LogP contribution in [0.3, 0.4) is 0 Å². The van der Waals surface area contributed by atoms with Gasteiger partial charge >= 0.3 is 0 Å². The van der Waals surface area contributed by atoms with E-state index in [1.165, 1.54) is 77.0 Å². The maximum atomic E-state index is 2.09. The summed E-state index contributed by atoms with van der Waals surface area (Å²) < 4.78 is 0. The first-order valence-electron chi connectivity index (χ1n) is 10.3. The van der Waals surface area contributed by atoms with E-state index in [0.29, 0.717) is 0 Å². The minimum atomic E-state index is 1.03. The summed E-state index contributed by atoms with van der Waals surface area (Å²) in [5, 5.41) is 0. The Kier molecular flexibility index (Phi) is 6.49. The Morgan fingerprint density at radius 1 is 0.476 bits per heavy atom. The molecule has 3 fully saturated rings. The van der Waals surface area contributed by atoms with Crippen molar-refractivity contribution in [2.75, 3.05) is 0 Å². The summed E-state index contributed by atoms with van der Waals surface area (Å²) in [6, 6.07) is 0. The Hall–Kier alpha value is 0. The molecule has 3 rings (SSSR count). The Bertz CT molecular complexity index is 268. The monoisotopic (exact) mass is 289 g/mol. The standard InChI is InChI=1S/C21H37/c1-2-7-13-18(12-6-1)20-16-10-3-4-11-17-21(20)19-14-8-5-9-15-19/h18-19,21H,1-17H2. The smallest absolute Gasteiger partial charge is 0.0176 e. The molecule has 0 aromatic heterocycles.